The number of carbonyl (C=O) groups is 1. The molecule has 0 saturated carbocycles. The van der Waals surface area contributed by atoms with E-state index in [2.05, 4.69) is 49.8 Å². The molecule has 0 bridgehead atoms. The fourth-order valence-electron chi connectivity index (χ4n) is 3.79. The Morgan fingerprint density at radius 2 is 2.06 bits per heavy atom. The topological polar surface area (TPSA) is 107 Å². The summed E-state index contributed by atoms with van der Waals surface area (Å²) >= 11 is 1.29. The van der Waals surface area contributed by atoms with Crippen LogP contribution in [0.4, 0.5) is 0 Å². The van der Waals surface area contributed by atoms with Crippen LogP contribution < -0.4 is 11.2 Å². The number of nitrogens with one attached hydrogen (secondary N) is 1. The lowest BCUT2D eigenvalue weighted by Crippen LogP contribution is -2.41. The van der Waals surface area contributed by atoms with Crippen molar-refractivity contribution in [3.8, 4) is 5.95 Å². The van der Waals surface area contributed by atoms with Crippen LogP contribution in [0.2, 0.25) is 0 Å². The van der Waals surface area contributed by atoms with Gasteiger partial charge in [0.05, 0.1) is 10.9 Å². The van der Waals surface area contributed by atoms with Crippen molar-refractivity contribution >= 4 is 17.7 Å². The van der Waals surface area contributed by atoms with Gasteiger partial charge in [-0.1, -0.05) is 42.1 Å². The molecule has 0 spiro atoms. The van der Waals surface area contributed by atoms with Crippen LogP contribution in [0.25, 0.3) is 5.95 Å². The molecule has 1 saturated heterocycles. The molecule has 2 unspecified atom stereocenters. The Hall–Kier alpha value is -2.85. The molecule has 2 aromatic heterocycles. The van der Waals surface area contributed by atoms with Crippen LogP contribution in [0.3, 0.4) is 0 Å². The molecule has 2 atom stereocenters. The summed E-state index contributed by atoms with van der Waals surface area (Å²) in [5.74, 6) is 6.59. The summed E-state index contributed by atoms with van der Waals surface area (Å²) < 4.78 is 3.03. The number of likely N-dealkylation sites (tertiary alicyclic amines) is 1. The summed E-state index contributed by atoms with van der Waals surface area (Å²) in [6, 6.07) is 12.5. The molecule has 0 aliphatic carbocycles. The summed E-state index contributed by atoms with van der Waals surface area (Å²) in [6.07, 6.45) is 0.950. The Morgan fingerprint density at radius 1 is 1.29 bits per heavy atom. The van der Waals surface area contributed by atoms with Gasteiger partial charge in [0.25, 0.3) is 5.95 Å². The second kappa shape index (κ2) is 9.11. The van der Waals surface area contributed by atoms with Gasteiger partial charge in [-0.2, -0.15) is 5.10 Å². The van der Waals surface area contributed by atoms with E-state index in [-0.39, 0.29) is 17.2 Å². The van der Waals surface area contributed by atoms with Crippen LogP contribution in [0.15, 0.2) is 41.6 Å². The van der Waals surface area contributed by atoms with Crippen molar-refractivity contribution in [1.29, 1.82) is 0 Å². The van der Waals surface area contributed by atoms with Gasteiger partial charge in [0.2, 0.25) is 11.1 Å². The second-order valence-electron chi connectivity index (χ2n) is 7.97. The molecule has 3 N–H and O–H groups in total. The van der Waals surface area contributed by atoms with Crippen LogP contribution in [-0.4, -0.2) is 59.8 Å². The van der Waals surface area contributed by atoms with Gasteiger partial charge >= 0.3 is 0 Å². The number of nitrogens with two attached hydrogens (primary N) is 1. The van der Waals surface area contributed by atoms with E-state index in [1.807, 2.05) is 32.9 Å². The Labute approximate surface area is 186 Å². The summed E-state index contributed by atoms with van der Waals surface area (Å²) in [5.41, 5.74) is 3.08. The average molecular weight is 441 g/mol. The predicted octanol–water partition coefficient (Wildman–Crippen LogP) is 1.67. The number of hydrogen-bond acceptors (Lipinski definition) is 7. The van der Waals surface area contributed by atoms with Gasteiger partial charge in [-0.15, -0.1) is 10.2 Å². The highest BCUT2D eigenvalue weighted by Gasteiger charge is 2.27. The van der Waals surface area contributed by atoms with Crippen LogP contribution >= 0.6 is 11.8 Å². The number of nitrogens with zero attached hydrogens (tertiary/aromatic N) is 6. The molecule has 1 aliphatic rings. The number of nitrogen functional groups attached to an aromatic ring is 1. The number of benzene rings is 1. The zero-order chi connectivity index (χ0) is 22.0. The van der Waals surface area contributed by atoms with E-state index in [1.165, 1.54) is 22.0 Å². The summed E-state index contributed by atoms with van der Waals surface area (Å²) in [4.78, 5) is 15.1. The minimum atomic E-state index is -0.344. The van der Waals surface area contributed by atoms with Gasteiger partial charge < -0.3 is 11.2 Å². The van der Waals surface area contributed by atoms with Crippen molar-refractivity contribution in [2.75, 3.05) is 18.9 Å². The highest BCUT2D eigenvalue weighted by molar-refractivity contribution is 8.00. The van der Waals surface area contributed by atoms with Crippen molar-refractivity contribution in [2.45, 2.75) is 50.2 Å². The Morgan fingerprint density at radius 3 is 2.77 bits per heavy atom. The minimum Gasteiger partial charge on any atom is -0.351 e. The third kappa shape index (κ3) is 4.91. The number of amides is 1. The van der Waals surface area contributed by atoms with Crippen molar-refractivity contribution in [1.82, 2.24) is 34.9 Å². The Bertz CT molecular complexity index is 1050. The number of carbonyl (C=O) groups excluding carboxylic acids is 1. The van der Waals surface area contributed by atoms with E-state index in [4.69, 9.17) is 5.84 Å². The zero-order valence-corrected chi connectivity index (χ0v) is 18.8. The van der Waals surface area contributed by atoms with Crippen molar-refractivity contribution in [3.63, 3.8) is 0 Å². The van der Waals surface area contributed by atoms with Crippen LogP contribution in [-0.2, 0) is 11.3 Å². The largest absolute Gasteiger partial charge is 0.351 e. The lowest BCUT2D eigenvalue weighted by atomic mass is 10.2. The first-order valence-electron chi connectivity index (χ1n) is 10.4. The lowest BCUT2D eigenvalue weighted by Gasteiger charge is -2.18. The van der Waals surface area contributed by atoms with Crippen LogP contribution in [0, 0.1) is 13.8 Å². The van der Waals surface area contributed by atoms with E-state index in [9.17, 15) is 4.79 Å². The first-order chi connectivity index (χ1) is 14.9. The quantitative estimate of drug-likeness (QED) is 0.425. The molecule has 9 nitrogen and oxygen atoms in total. The molecule has 0 radical (unpaired) electrons. The van der Waals surface area contributed by atoms with Crippen molar-refractivity contribution < 1.29 is 4.79 Å². The average Bonchev–Trinajstić information content (AvgIpc) is 3.42. The van der Waals surface area contributed by atoms with Gasteiger partial charge in [-0.25, -0.2) is 9.36 Å². The third-order valence-electron chi connectivity index (χ3n) is 5.36. The molecule has 10 heteroatoms. The van der Waals surface area contributed by atoms with Gasteiger partial charge in [0.1, 0.15) is 0 Å². The first-order valence-corrected chi connectivity index (χ1v) is 11.3. The van der Waals surface area contributed by atoms with Gasteiger partial charge in [-0.3, -0.25) is 9.69 Å². The highest BCUT2D eigenvalue weighted by atomic mass is 32.2. The van der Waals surface area contributed by atoms with Crippen LogP contribution in [0.1, 0.15) is 30.3 Å². The summed E-state index contributed by atoms with van der Waals surface area (Å²) in [6.45, 7) is 8.43. The number of rotatable bonds is 7. The Balaban J connectivity index is 1.32. The molecule has 1 aliphatic heterocycles. The maximum Gasteiger partial charge on any atom is 0.271 e. The highest BCUT2D eigenvalue weighted by Crippen LogP contribution is 2.23. The van der Waals surface area contributed by atoms with E-state index in [1.54, 1.807) is 4.68 Å². The standard InChI is InChI=1S/C21H28N8OS/c1-14-11-15(2)29(26-14)20-24-25-21(28(20)22)31-16(3)19(30)23-18-9-10-27(13-18)12-17-7-5-4-6-8-17/h4-8,11,16,18H,9-10,12-13,22H2,1-3H3,(H,23,30). The lowest BCUT2D eigenvalue weighted by molar-refractivity contribution is -0.120. The number of aryl methyl sites for hydroxylation is 2. The minimum absolute atomic E-state index is 0.0211. The molecule has 3 aromatic rings. The monoisotopic (exact) mass is 440 g/mol. The first kappa shape index (κ1) is 21.4. The fraction of sp³-hybridized carbons (Fsp3) is 0.429. The molecule has 1 fully saturated rings. The zero-order valence-electron chi connectivity index (χ0n) is 18.0. The normalized spacial score (nSPS) is 17.7. The number of hydrogen-bond donors (Lipinski definition) is 2. The molecule has 1 aromatic carbocycles. The van der Waals surface area contributed by atoms with E-state index in [0.717, 1.165) is 37.4 Å². The van der Waals surface area contributed by atoms with Gasteiger partial charge in [-0.05, 0) is 38.8 Å². The van der Waals surface area contributed by atoms with Crippen LogP contribution in [0.5, 0.6) is 0 Å². The Kier molecular flexibility index (Phi) is 6.28. The SMILES string of the molecule is Cc1cc(C)n(-c2nnc(SC(C)C(=O)NC3CCN(Cc4ccccc4)C3)n2N)n1. The summed E-state index contributed by atoms with van der Waals surface area (Å²) in [5, 5.41) is 16.0. The smallest absolute Gasteiger partial charge is 0.271 e. The fourth-order valence-corrected chi connectivity index (χ4v) is 4.57. The molecule has 1 amide bonds. The number of aromatic nitrogens is 5. The van der Waals surface area contributed by atoms with Gasteiger partial charge in [0, 0.05) is 31.4 Å². The molecular weight excluding hydrogens is 412 g/mol. The maximum atomic E-state index is 12.7. The van der Waals surface area contributed by atoms with Gasteiger partial charge in [0.15, 0.2) is 0 Å². The maximum absolute atomic E-state index is 12.7. The summed E-state index contributed by atoms with van der Waals surface area (Å²) in [7, 11) is 0. The third-order valence-corrected chi connectivity index (χ3v) is 6.42. The molecule has 164 valence electrons. The van der Waals surface area contributed by atoms with Crippen molar-refractivity contribution in [2.24, 2.45) is 0 Å². The molecule has 4 rings (SSSR count). The van der Waals surface area contributed by atoms with Crippen molar-refractivity contribution in [3.05, 3.63) is 53.3 Å². The second-order valence-corrected chi connectivity index (χ2v) is 9.27. The molecule has 3 heterocycles. The predicted molar refractivity (Wildman–Crippen MR) is 120 cm³/mol. The number of thioether (sulfide) groups is 1. The van der Waals surface area contributed by atoms with E-state index >= 15 is 0 Å². The van der Waals surface area contributed by atoms with E-state index < -0.39 is 0 Å². The van der Waals surface area contributed by atoms with E-state index in [0.29, 0.717) is 11.1 Å². The molecule has 31 heavy (non-hydrogen) atoms. The molecular formula is C21H28N8OS.